The molecule has 2 nitrogen and oxygen atoms in total. The van der Waals surface area contributed by atoms with Crippen LogP contribution >= 0.6 is 0 Å². The van der Waals surface area contributed by atoms with E-state index in [0.29, 0.717) is 11.5 Å². The second-order valence-corrected chi connectivity index (χ2v) is 6.63. The van der Waals surface area contributed by atoms with Crippen molar-refractivity contribution in [3.8, 4) is 0 Å². The average molecular weight is 240 g/mol. The summed E-state index contributed by atoms with van der Waals surface area (Å²) in [7, 11) is 4.42. The highest BCUT2D eigenvalue weighted by Crippen LogP contribution is 2.41. The Morgan fingerprint density at radius 2 is 2.06 bits per heavy atom. The van der Waals surface area contributed by atoms with Gasteiger partial charge < -0.3 is 10.2 Å². The summed E-state index contributed by atoms with van der Waals surface area (Å²) in [6, 6.07) is 1.40. The molecule has 0 spiro atoms. The van der Waals surface area contributed by atoms with Crippen molar-refractivity contribution in [2.75, 3.05) is 20.6 Å². The molecule has 0 bridgehead atoms. The van der Waals surface area contributed by atoms with E-state index in [1.165, 1.54) is 32.2 Å². The van der Waals surface area contributed by atoms with E-state index < -0.39 is 0 Å². The van der Waals surface area contributed by atoms with E-state index in [1.807, 2.05) is 0 Å². The Balaban J connectivity index is 2.51. The Labute approximate surface area is 108 Å². The van der Waals surface area contributed by atoms with Crippen molar-refractivity contribution in [1.82, 2.24) is 10.2 Å². The highest BCUT2D eigenvalue weighted by atomic mass is 15.1. The predicted octanol–water partition coefficient (Wildman–Crippen LogP) is 3.13. The van der Waals surface area contributed by atoms with Crippen molar-refractivity contribution < 1.29 is 0 Å². The topological polar surface area (TPSA) is 15.3 Å². The van der Waals surface area contributed by atoms with Crippen LogP contribution in [0.5, 0.6) is 0 Å². The van der Waals surface area contributed by atoms with Crippen LogP contribution in [0, 0.1) is 11.3 Å². The van der Waals surface area contributed by atoms with Gasteiger partial charge in [0.2, 0.25) is 0 Å². The second kappa shape index (κ2) is 6.19. The predicted molar refractivity (Wildman–Crippen MR) is 76.4 cm³/mol. The van der Waals surface area contributed by atoms with E-state index >= 15 is 0 Å². The normalized spacial score (nSPS) is 29.8. The molecule has 2 heteroatoms. The minimum atomic E-state index is 0.467. The molecule has 1 aliphatic carbocycles. The molecular weight excluding hydrogens is 208 g/mol. The molecule has 1 fully saturated rings. The monoisotopic (exact) mass is 240 g/mol. The summed E-state index contributed by atoms with van der Waals surface area (Å²) in [6.45, 7) is 10.7. The smallest absolute Gasteiger partial charge is 0.0156 e. The molecule has 3 unspecified atom stereocenters. The summed E-state index contributed by atoms with van der Waals surface area (Å²) in [4.78, 5) is 2.56. The fourth-order valence-corrected chi connectivity index (χ4v) is 3.53. The summed E-state index contributed by atoms with van der Waals surface area (Å²) in [5.74, 6) is 0.819. The molecule has 102 valence electrons. The summed E-state index contributed by atoms with van der Waals surface area (Å²) < 4.78 is 0. The van der Waals surface area contributed by atoms with Gasteiger partial charge in [-0.15, -0.1) is 0 Å². The van der Waals surface area contributed by atoms with Crippen LogP contribution < -0.4 is 5.32 Å². The van der Waals surface area contributed by atoms with Crippen LogP contribution in [0.4, 0.5) is 0 Å². The molecule has 1 saturated carbocycles. The Kier molecular flexibility index (Phi) is 5.46. The molecule has 0 amide bonds. The lowest BCUT2D eigenvalue weighted by atomic mass is 9.84. The van der Waals surface area contributed by atoms with Crippen LogP contribution in [-0.2, 0) is 0 Å². The fourth-order valence-electron chi connectivity index (χ4n) is 3.53. The lowest BCUT2D eigenvalue weighted by molar-refractivity contribution is 0.175. The molecule has 0 aromatic carbocycles. The Morgan fingerprint density at radius 3 is 2.59 bits per heavy atom. The van der Waals surface area contributed by atoms with Crippen LogP contribution in [0.25, 0.3) is 0 Å². The van der Waals surface area contributed by atoms with Gasteiger partial charge in [-0.3, -0.25) is 0 Å². The van der Waals surface area contributed by atoms with E-state index in [2.05, 4.69) is 52.0 Å². The van der Waals surface area contributed by atoms with Gasteiger partial charge in [-0.05, 0) is 51.6 Å². The van der Waals surface area contributed by atoms with Crippen molar-refractivity contribution in [2.24, 2.45) is 11.3 Å². The highest BCUT2D eigenvalue weighted by Gasteiger charge is 2.41. The third-order valence-corrected chi connectivity index (χ3v) is 4.77. The molecule has 0 radical (unpaired) electrons. The Bertz CT molecular complexity index is 225. The zero-order valence-electron chi connectivity index (χ0n) is 12.7. The number of hydrogen-bond donors (Lipinski definition) is 1. The van der Waals surface area contributed by atoms with Crippen LogP contribution in [0.2, 0.25) is 0 Å². The van der Waals surface area contributed by atoms with Crippen molar-refractivity contribution in [2.45, 2.75) is 65.5 Å². The van der Waals surface area contributed by atoms with E-state index in [0.717, 1.165) is 12.0 Å². The number of nitrogens with zero attached hydrogens (tertiary/aromatic N) is 1. The first kappa shape index (κ1) is 15.0. The first-order valence-corrected chi connectivity index (χ1v) is 7.30. The van der Waals surface area contributed by atoms with Gasteiger partial charge in [0.05, 0.1) is 0 Å². The van der Waals surface area contributed by atoms with Gasteiger partial charge in [-0.2, -0.15) is 0 Å². The maximum atomic E-state index is 3.55. The number of hydrogen-bond acceptors (Lipinski definition) is 2. The van der Waals surface area contributed by atoms with Gasteiger partial charge >= 0.3 is 0 Å². The average Bonchev–Trinajstić information content (AvgIpc) is 2.53. The fraction of sp³-hybridized carbons (Fsp3) is 1.00. The van der Waals surface area contributed by atoms with E-state index in [4.69, 9.17) is 0 Å². The first-order valence-electron chi connectivity index (χ1n) is 7.30. The zero-order chi connectivity index (χ0) is 13.1. The van der Waals surface area contributed by atoms with Crippen LogP contribution in [0.1, 0.15) is 53.4 Å². The molecular formula is C15H32N2. The number of nitrogens with one attached hydrogen (secondary N) is 1. The molecule has 17 heavy (non-hydrogen) atoms. The van der Waals surface area contributed by atoms with Crippen molar-refractivity contribution in [3.63, 3.8) is 0 Å². The van der Waals surface area contributed by atoms with Crippen molar-refractivity contribution in [1.29, 1.82) is 0 Å². The quantitative estimate of drug-likeness (QED) is 0.767. The Hall–Kier alpha value is -0.0800. The molecule has 0 aromatic rings. The van der Waals surface area contributed by atoms with Crippen LogP contribution in [0.3, 0.4) is 0 Å². The second-order valence-electron chi connectivity index (χ2n) is 6.63. The summed E-state index contributed by atoms with van der Waals surface area (Å²) in [6.07, 6.45) is 5.34. The van der Waals surface area contributed by atoms with Gasteiger partial charge in [0.25, 0.3) is 0 Å². The molecule has 3 atom stereocenters. The Morgan fingerprint density at radius 1 is 1.41 bits per heavy atom. The molecule has 0 aromatic heterocycles. The van der Waals surface area contributed by atoms with Gasteiger partial charge in [0.1, 0.15) is 0 Å². The number of rotatable bonds is 6. The first-order chi connectivity index (χ1) is 7.92. The third-order valence-electron chi connectivity index (χ3n) is 4.77. The van der Waals surface area contributed by atoms with Crippen molar-refractivity contribution >= 4 is 0 Å². The van der Waals surface area contributed by atoms with Gasteiger partial charge in [-0.1, -0.05) is 27.2 Å². The van der Waals surface area contributed by atoms with Gasteiger partial charge in [0.15, 0.2) is 0 Å². The van der Waals surface area contributed by atoms with Crippen LogP contribution in [0.15, 0.2) is 0 Å². The van der Waals surface area contributed by atoms with Crippen LogP contribution in [-0.4, -0.2) is 37.6 Å². The minimum absolute atomic E-state index is 0.467. The summed E-state index contributed by atoms with van der Waals surface area (Å²) in [5.41, 5.74) is 0.467. The van der Waals surface area contributed by atoms with Gasteiger partial charge in [-0.25, -0.2) is 0 Å². The summed E-state index contributed by atoms with van der Waals surface area (Å²) in [5, 5.41) is 3.55. The van der Waals surface area contributed by atoms with E-state index in [-0.39, 0.29) is 0 Å². The lowest BCUT2D eigenvalue weighted by Crippen LogP contribution is -2.44. The lowest BCUT2D eigenvalue weighted by Gasteiger charge is -2.34. The zero-order valence-corrected chi connectivity index (χ0v) is 12.7. The van der Waals surface area contributed by atoms with Gasteiger partial charge in [0, 0.05) is 18.6 Å². The highest BCUT2D eigenvalue weighted by molar-refractivity contribution is 4.96. The largest absolute Gasteiger partial charge is 0.316 e. The molecule has 0 heterocycles. The standard InChI is InChI=1S/C15H32N2/c1-7-8-12(2)17(6)11-13-9-10-15(3,4)14(13)16-5/h12-14,16H,7-11H2,1-6H3. The SMILES string of the molecule is CCCC(C)N(C)CC1CCC(C)(C)C1NC. The molecule has 0 saturated heterocycles. The van der Waals surface area contributed by atoms with E-state index in [9.17, 15) is 0 Å². The molecule has 1 rings (SSSR count). The van der Waals surface area contributed by atoms with E-state index in [1.54, 1.807) is 0 Å². The molecule has 1 N–H and O–H groups in total. The third kappa shape index (κ3) is 3.69. The maximum Gasteiger partial charge on any atom is 0.0156 e. The van der Waals surface area contributed by atoms with Crippen molar-refractivity contribution in [3.05, 3.63) is 0 Å². The summed E-state index contributed by atoms with van der Waals surface area (Å²) >= 11 is 0. The molecule has 1 aliphatic rings. The minimum Gasteiger partial charge on any atom is -0.316 e. The molecule has 0 aliphatic heterocycles. The maximum absolute atomic E-state index is 3.55.